The maximum atomic E-state index is 12.1. The smallest absolute Gasteiger partial charge is 0.394 e. The lowest BCUT2D eigenvalue weighted by Gasteiger charge is -2.16. The summed E-state index contributed by atoms with van der Waals surface area (Å²) in [6, 6.07) is 0. The van der Waals surface area contributed by atoms with E-state index in [1.54, 1.807) is 0 Å². The van der Waals surface area contributed by atoms with Crippen LogP contribution in [0.2, 0.25) is 0 Å². The number of phosphoric acid groups is 1. The molecular formula is C11H17N2O8P. The fourth-order valence-corrected chi connectivity index (χ4v) is 3.00. The van der Waals surface area contributed by atoms with Crippen molar-refractivity contribution in [2.24, 2.45) is 14.1 Å². The minimum absolute atomic E-state index is 0.0240. The van der Waals surface area contributed by atoms with Gasteiger partial charge in [0.05, 0.1) is 18.3 Å². The fourth-order valence-electron chi connectivity index (χ4n) is 2.42. The van der Waals surface area contributed by atoms with Crippen LogP contribution in [0.15, 0.2) is 15.8 Å². The summed E-state index contributed by atoms with van der Waals surface area (Å²) in [5.41, 5.74) is -0.921. The monoisotopic (exact) mass is 336 g/mol. The highest BCUT2D eigenvalue weighted by Gasteiger charge is 2.41. The first-order chi connectivity index (χ1) is 10.1. The lowest BCUT2D eigenvalue weighted by atomic mass is 10.1. The number of rotatable bonds is 4. The van der Waals surface area contributed by atoms with E-state index in [-0.39, 0.29) is 12.0 Å². The molecule has 2 heterocycles. The van der Waals surface area contributed by atoms with Crippen molar-refractivity contribution in [3.63, 3.8) is 0 Å². The van der Waals surface area contributed by atoms with Crippen molar-refractivity contribution in [2.45, 2.75) is 24.7 Å². The maximum absolute atomic E-state index is 12.1. The maximum Gasteiger partial charge on any atom is 0.469 e. The Balaban J connectivity index is 2.34. The summed E-state index contributed by atoms with van der Waals surface area (Å²) in [5, 5.41) is 9.22. The van der Waals surface area contributed by atoms with Crippen LogP contribution in [0, 0.1) is 0 Å². The third-order valence-corrected chi connectivity index (χ3v) is 4.02. The number of nitrogens with zero attached hydrogens (tertiary/aromatic N) is 2. The first kappa shape index (κ1) is 17.1. The summed E-state index contributed by atoms with van der Waals surface area (Å²) in [4.78, 5) is 41.5. The van der Waals surface area contributed by atoms with E-state index in [9.17, 15) is 19.3 Å². The molecule has 0 aliphatic carbocycles. The zero-order valence-corrected chi connectivity index (χ0v) is 12.8. The number of aliphatic hydroxyl groups excluding tert-OH is 1. The third kappa shape index (κ3) is 3.37. The van der Waals surface area contributed by atoms with E-state index in [0.717, 1.165) is 4.57 Å². The van der Waals surface area contributed by atoms with Gasteiger partial charge in [-0.05, 0) is 0 Å². The molecule has 22 heavy (non-hydrogen) atoms. The molecule has 0 radical (unpaired) electrons. The Hall–Kier alpha value is -1.29. The summed E-state index contributed by atoms with van der Waals surface area (Å²) in [6.45, 7) is -0.521. The van der Waals surface area contributed by atoms with Gasteiger partial charge in [-0.15, -0.1) is 0 Å². The molecule has 0 amide bonds. The number of aryl methyl sites for hydroxylation is 1. The molecule has 3 atom stereocenters. The molecule has 1 fully saturated rings. The van der Waals surface area contributed by atoms with Crippen molar-refractivity contribution in [3.8, 4) is 0 Å². The number of hydrogen-bond donors (Lipinski definition) is 3. The first-order valence-electron chi connectivity index (χ1n) is 6.41. The second-order valence-electron chi connectivity index (χ2n) is 5.06. The van der Waals surface area contributed by atoms with Gasteiger partial charge in [0.2, 0.25) is 0 Å². The van der Waals surface area contributed by atoms with Crippen LogP contribution in [0.5, 0.6) is 0 Å². The zero-order valence-electron chi connectivity index (χ0n) is 11.9. The van der Waals surface area contributed by atoms with Gasteiger partial charge in [0.15, 0.2) is 0 Å². The Bertz CT molecular complexity index is 720. The molecule has 1 aromatic rings. The molecule has 1 saturated heterocycles. The highest BCUT2D eigenvalue weighted by atomic mass is 31.2. The zero-order chi connectivity index (χ0) is 16.7. The normalized spacial score (nSPS) is 25.6. The molecule has 0 saturated carbocycles. The summed E-state index contributed by atoms with van der Waals surface area (Å²) < 4.78 is 23.1. The first-order valence-corrected chi connectivity index (χ1v) is 7.94. The van der Waals surface area contributed by atoms with E-state index in [1.165, 1.54) is 24.9 Å². The lowest BCUT2D eigenvalue weighted by molar-refractivity contribution is -0.0227. The average Bonchev–Trinajstić information content (AvgIpc) is 2.81. The van der Waals surface area contributed by atoms with E-state index in [1.807, 2.05) is 0 Å². The Morgan fingerprint density at radius 3 is 2.59 bits per heavy atom. The van der Waals surface area contributed by atoms with E-state index in [2.05, 4.69) is 4.52 Å². The van der Waals surface area contributed by atoms with Crippen molar-refractivity contribution in [1.29, 1.82) is 0 Å². The van der Waals surface area contributed by atoms with Crippen molar-refractivity contribution >= 4 is 7.82 Å². The SMILES string of the molecule is Cn1cc([C@H]2C[C@H](OP(=O)(O)O)[C@@H](CO)O2)c(=O)n(C)c1=O. The third-order valence-electron chi connectivity index (χ3n) is 3.47. The Morgan fingerprint density at radius 1 is 1.41 bits per heavy atom. The van der Waals surface area contributed by atoms with Crippen LogP contribution >= 0.6 is 7.82 Å². The second-order valence-corrected chi connectivity index (χ2v) is 6.25. The Labute approximate surface area is 124 Å². The molecule has 124 valence electrons. The largest absolute Gasteiger partial charge is 0.469 e. The van der Waals surface area contributed by atoms with Crippen LogP contribution in [-0.2, 0) is 27.9 Å². The number of hydrogen-bond acceptors (Lipinski definition) is 6. The van der Waals surface area contributed by atoms with Gasteiger partial charge >= 0.3 is 13.5 Å². The standard InChI is InChI=1S/C11H17N2O8P/c1-12-4-6(10(15)13(2)11(12)16)7-3-8(9(5-14)20-7)21-22(17,18)19/h4,7-9,14H,3,5H2,1-2H3,(H2,17,18,19)/t7-,8+,9-/m1/s1. The second kappa shape index (κ2) is 6.07. The molecular weight excluding hydrogens is 319 g/mol. The van der Waals surface area contributed by atoms with Gasteiger partial charge in [-0.3, -0.25) is 13.9 Å². The van der Waals surface area contributed by atoms with Crippen molar-refractivity contribution in [1.82, 2.24) is 9.13 Å². The molecule has 1 aliphatic heterocycles. The summed E-state index contributed by atoms with van der Waals surface area (Å²) in [7, 11) is -1.97. The van der Waals surface area contributed by atoms with E-state index < -0.39 is 44.0 Å². The predicted molar refractivity (Wildman–Crippen MR) is 73.2 cm³/mol. The molecule has 0 spiro atoms. The Kier molecular flexibility index (Phi) is 4.71. The molecule has 0 unspecified atom stereocenters. The number of aromatic nitrogens is 2. The summed E-state index contributed by atoms with van der Waals surface area (Å²) in [5.74, 6) is 0. The van der Waals surface area contributed by atoms with Gasteiger partial charge in [-0.1, -0.05) is 0 Å². The van der Waals surface area contributed by atoms with Gasteiger partial charge in [-0.2, -0.15) is 0 Å². The molecule has 2 rings (SSSR count). The topological polar surface area (TPSA) is 140 Å². The van der Waals surface area contributed by atoms with Gasteiger partial charge in [0.1, 0.15) is 12.2 Å². The molecule has 1 aliphatic rings. The minimum Gasteiger partial charge on any atom is -0.394 e. The lowest BCUT2D eigenvalue weighted by Crippen LogP contribution is -2.39. The Morgan fingerprint density at radius 2 is 2.05 bits per heavy atom. The van der Waals surface area contributed by atoms with Gasteiger partial charge in [0, 0.05) is 26.7 Å². The molecule has 11 heteroatoms. The minimum atomic E-state index is -4.75. The fraction of sp³-hybridized carbons (Fsp3) is 0.636. The molecule has 1 aromatic heterocycles. The van der Waals surface area contributed by atoms with E-state index in [4.69, 9.17) is 14.5 Å². The molecule has 0 bridgehead atoms. The van der Waals surface area contributed by atoms with Crippen molar-refractivity contribution < 1.29 is 28.7 Å². The van der Waals surface area contributed by atoms with Gasteiger partial charge < -0.3 is 24.2 Å². The van der Waals surface area contributed by atoms with Crippen molar-refractivity contribution in [3.05, 3.63) is 32.6 Å². The van der Waals surface area contributed by atoms with Crippen LogP contribution < -0.4 is 11.2 Å². The predicted octanol–water partition coefficient (Wildman–Crippen LogP) is -1.62. The van der Waals surface area contributed by atoms with Crippen molar-refractivity contribution in [2.75, 3.05) is 6.61 Å². The molecule has 3 N–H and O–H groups in total. The highest BCUT2D eigenvalue weighted by molar-refractivity contribution is 7.46. The van der Waals surface area contributed by atoms with E-state index >= 15 is 0 Å². The van der Waals surface area contributed by atoms with Crippen LogP contribution in [0.4, 0.5) is 0 Å². The number of phosphoric ester groups is 1. The number of aliphatic hydroxyl groups is 1. The number of ether oxygens (including phenoxy) is 1. The van der Waals surface area contributed by atoms with Crippen LogP contribution in [0.1, 0.15) is 18.1 Å². The van der Waals surface area contributed by atoms with Crippen LogP contribution in [-0.4, -0.2) is 42.8 Å². The van der Waals surface area contributed by atoms with Gasteiger partial charge in [0.25, 0.3) is 5.56 Å². The quantitative estimate of drug-likeness (QED) is 0.558. The molecule has 0 aromatic carbocycles. The summed E-state index contributed by atoms with van der Waals surface area (Å²) in [6.07, 6.45) is -1.58. The highest BCUT2D eigenvalue weighted by Crippen LogP contribution is 2.44. The summed E-state index contributed by atoms with van der Waals surface area (Å²) >= 11 is 0. The van der Waals surface area contributed by atoms with E-state index in [0.29, 0.717) is 0 Å². The van der Waals surface area contributed by atoms with Gasteiger partial charge in [-0.25, -0.2) is 9.36 Å². The van der Waals surface area contributed by atoms with Crippen LogP contribution in [0.3, 0.4) is 0 Å². The average molecular weight is 336 g/mol. The molecule has 10 nitrogen and oxygen atoms in total. The van der Waals surface area contributed by atoms with Crippen LogP contribution in [0.25, 0.3) is 0 Å².